The molecular weight excluding hydrogens is 320 g/mol. The number of ether oxygens (including phenoxy) is 1. The number of unbranched alkanes of at least 4 members (excludes halogenated alkanes) is 8. The highest BCUT2D eigenvalue weighted by atomic mass is 16.6. The molecule has 0 aliphatic carbocycles. The minimum Gasteiger partial charge on any atom is -0.440 e. The summed E-state index contributed by atoms with van der Waals surface area (Å²) in [7, 11) is 0. The van der Waals surface area contributed by atoms with Gasteiger partial charge >= 0.3 is 5.97 Å². The first-order chi connectivity index (χ1) is 12.0. The number of esters is 1. The molecular formula is C19H38N2O4. The van der Waals surface area contributed by atoms with Gasteiger partial charge in [-0.15, -0.1) is 0 Å². The second-order valence-electron chi connectivity index (χ2n) is 6.55. The Morgan fingerprint density at radius 1 is 1.00 bits per heavy atom. The number of nitrogens with two attached hydrogens (primary N) is 1. The molecule has 0 aromatic carbocycles. The normalized spacial score (nSPS) is 13.3. The van der Waals surface area contributed by atoms with E-state index in [0.29, 0.717) is 6.42 Å². The van der Waals surface area contributed by atoms with E-state index in [9.17, 15) is 14.7 Å². The molecule has 6 heteroatoms. The average molecular weight is 359 g/mol. The van der Waals surface area contributed by atoms with E-state index in [1.165, 1.54) is 50.3 Å². The zero-order valence-corrected chi connectivity index (χ0v) is 16.3. The van der Waals surface area contributed by atoms with Crippen molar-refractivity contribution >= 4 is 11.9 Å². The van der Waals surface area contributed by atoms with Crippen LogP contribution in [-0.4, -0.2) is 40.9 Å². The minimum atomic E-state index is -1.04. The Morgan fingerprint density at radius 3 is 1.96 bits per heavy atom. The van der Waals surface area contributed by atoms with Crippen molar-refractivity contribution < 1.29 is 19.4 Å². The van der Waals surface area contributed by atoms with Gasteiger partial charge in [0.25, 0.3) is 0 Å². The van der Waals surface area contributed by atoms with Crippen molar-refractivity contribution in [3.63, 3.8) is 0 Å². The Kier molecular flexibility index (Phi) is 14.5. The van der Waals surface area contributed by atoms with Gasteiger partial charge in [0.2, 0.25) is 5.91 Å². The zero-order chi connectivity index (χ0) is 19.1. The van der Waals surface area contributed by atoms with Gasteiger partial charge in [0.1, 0.15) is 6.23 Å². The summed E-state index contributed by atoms with van der Waals surface area (Å²) in [5.74, 6) is -0.658. The van der Waals surface area contributed by atoms with Gasteiger partial charge in [-0.3, -0.25) is 14.5 Å². The van der Waals surface area contributed by atoms with Crippen molar-refractivity contribution in [2.24, 2.45) is 5.73 Å². The Morgan fingerprint density at radius 2 is 1.52 bits per heavy atom. The molecule has 0 spiro atoms. The van der Waals surface area contributed by atoms with Crippen molar-refractivity contribution in [3.8, 4) is 0 Å². The van der Waals surface area contributed by atoms with E-state index in [0.717, 1.165) is 19.3 Å². The maximum Gasteiger partial charge on any atom is 0.307 e. The van der Waals surface area contributed by atoms with E-state index in [2.05, 4.69) is 6.92 Å². The van der Waals surface area contributed by atoms with Crippen LogP contribution in [0.2, 0.25) is 0 Å². The summed E-state index contributed by atoms with van der Waals surface area (Å²) in [5.41, 5.74) is 5.61. The number of aliphatic hydroxyl groups excluding tert-OH is 1. The van der Waals surface area contributed by atoms with Crippen LogP contribution in [0.3, 0.4) is 0 Å². The van der Waals surface area contributed by atoms with Crippen molar-refractivity contribution in [2.45, 2.75) is 104 Å². The van der Waals surface area contributed by atoms with Crippen LogP contribution in [0.1, 0.15) is 91.4 Å². The molecule has 0 aromatic rings. The predicted molar refractivity (Wildman–Crippen MR) is 99.6 cm³/mol. The number of amides is 1. The molecule has 6 nitrogen and oxygen atoms in total. The molecule has 0 fully saturated rings. The van der Waals surface area contributed by atoms with E-state index in [1.54, 1.807) is 6.92 Å². The molecule has 0 aromatic heterocycles. The molecule has 148 valence electrons. The van der Waals surface area contributed by atoms with Gasteiger partial charge in [0.05, 0.1) is 0 Å². The lowest BCUT2D eigenvalue weighted by molar-refractivity contribution is -0.176. The summed E-state index contributed by atoms with van der Waals surface area (Å²) in [6.07, 6.45) is 9.14. The fourth-order valence-corrected chi connectivity index (χ4v) is 2.78. The van der Waals surface area contributed by atoms with E-state index < -0.39 is 18.4 Å². The van der Waals surface area contributed by atoms with Crippen LogP contribution >= 0.6 is 0 Å². The lowest BCUT2D eigenvalue weighted by Gasteiger charge is -2.32. The van der Waals surface area contributed by atoms with Gasteiger partial charge in [0.15, 0.2) is 6.23 Å². The monoisotopic (exact) mass is 358 g/mol. The van der Waals surface area contributed by atoms with Gasteiger partial charge in [-0.25, -0.2) is 0 Å². The van der Waals surface area contributed by atoms with Crippen LogP contribution in [0.15, 0.2) is 0 Å². The van der Waals surface area contributed by atoms with Crippen LogP contribution in [-0.2, 0) is 14.3 Å². The van der Waals surface area contributed by atoms with Gasteiger partial charge in [-0.1, -0.05) is 65.2 Å². The van der Waals surface area contributed by atoms with E-state index in [1.807, 2.05) is 0 Å². The fraction of sp³-hybridized carbons (Fsp3) is 0.895. The SMILES string of the molecule is CCCCCCCCCCCC(=O)N(C(C)O)C(CN)OC(=O)CC. The summed E-state index contributed by atoms with van der Waals surface area (Å²) in [6, 6.07) is 0. The Balaban J connectivity index is 4.14. The number of carbonyl (C=O) groups excluding carboxylic acids is 2. The highest BCUT2D eigenvalue weighted by Crippen LogP contribution is 2.14. The van der Waals surface area contributed by atoms with Crippen LogP contribution < -0.4 is 5.73 Å². The first kappa shape index (κ1) is 23.9. The van der Waals surface area contributed by atoms with Crippen molar-refractivity contribution in [3.05, 3.63) is 0 Å². The van der Waals surface area contributed by atoms with E-state index in [-0.39, 0.29) is 18.9 Å². The molecule has 2 atom stereocenters. The van der Waals surface area contributed by atoms with Crippen LogP contribution in [0.4, 0.5) is 0 Å². The van der Waals surface area contributed by atoms with Crippen LogP contribution in [0.5, 0.6) is 0 Å². The molecule has 3 N–H and O–H groups in total. The van der Waals surface area contributed by atoms with Gasteiger partial charge in [-0.05, 0) is 13.3 Å². The topological polar surface area (TPSA) is 92.9 Å². The largest absolute Gasteiger partial charge is 0.440 e. The highest BCUT2D eigenvalue weighted by Gasteiger charge is 2.28. The maximum absolute atomic E-state index is 12.4. The second kappa shape index (κ2) is 15.1. The predicted octanol–water partition coefficient (Wildman–Crippen LogP) is 3.31. The first-order valence-electron chi connectivity index (χ1n) is 9.86. The molecule has 0 heterocycles. The second-order valence-corrected chi connectivity index (χ2v) is 6.55. The summed E-state index contributed by atoms with van der Waals surface area (Å²) in [4.78, 5) is 25.0. The molecule has 0 aliphatic rings. The van der Waals surface area contributed by atoms with Gasteiger partial charge in [0, 0.05) is 19.4 Å². The summed E-state index contributed by atoms with van der Waals surface area (Å²) < 4.78 is 5.17. The smallest absolute Gasteiger partial charge is 0.307 e. The van der Waals surface area contributed by atoms with Gasteiger partial charge < -0.3 is 15.6 Å². The number of hydrogen-bond acceptors (Lipinski definition) is 5. The quantitative estimate of drug-likeness (QED) is 0.266. The Bertz CT molecular complexity index is 361. The molecule has 25 heavy (non-hydrogen) atoms. The van der Waals surface area contributed by atoms with Gasteiger partial charge in [-0.2, -0.15) is 0 Å². The molecule has 0 bridgehead atoms. The highest BCUT2D eigenvalue weighted by molar-refractivity contribution is 5.77. The lowest BCUT2D eigenvalue weighted by atomic mass is 10.1. The number of hydrogen-bond donors (Lipinski definition) is 2. The minimum absolute atomic E-state index is 0.0276. The Hall–Kier alpha value is -1.14. The molecule has 0 radical (unpaired) electrons. The van der Waals surface area contributed by atoms with Crippen molar-refractivity contribution in [1.29, 1.82) is 0 Å². The maximum atomic E-state index is 12.4. The number of nitrogens with zero attached hydrogens (tertiary/aromatic N) is 1. The molecule has 0 saturated carbocycles. The fourth-order valence-electron chi connectivity index (χ4n) is 2.78. The summed E-state index contributed by atoms with van der Waals surface area (Å²) in [6.45, 7) is 5.34. The third kappa shape index (κ3) is 11.2. The molecule has 2 unspecified atom stereocenters. The van der Waals surface area contributed by atoms with Crippen LogP contribution in [0.25, 0.3) is 0 Å². The lowest BCUT2D eigenvalue weighted by Crippen LogP contribution is -2.51. The zero-order valence-electron chi connectivity index (χ0n) is 16.3. The van der Waals surface area contributed by atoms with E-state index in [4.69, 9.17) is 10.5 Å². The standard InChI is InChI=1S/C19H38N2O4/c1-4-6-7-8-9-10-11-12-13-14-17(23)21(16(3)22)18(15-20)25-19(24)5-2/h16,18,22H,4-15,20H2,1-3H3. The van der Waals surface area contributed by atoms with Crippen LogP contribution in [0, 0.1) is 0 Å². The third-order valence-electron chi connectivity index (χ3n) is 4.25. The number of carbonyl (C=O) groups is 2. The van der Waals surface area contributed by atoms with Crippen molar-refractivity contribution in [2.75, 3.05) is 6.54 Å². The molecule has 0 rings (SSSR count). The molecule has 0 aliphatic heterocycles. The summed E-state index contributed by atoms with van der Waals surface area (Å²) >= 11 is 0. The third-order valence-corrected chi connectivity index (χ3v) is 4.25. The first-order valence-corrected chi connectivity index (χ1v) is 9.86. The molecule has 0 saturated heterocycles. The average Bonchev–Trinajstić information content (AvgIpc) is 2.59. The number of aliphatic hydroxyl groups is 1. The number of rotatable bonds is 15. The molecule has 1 amide bonds. The van der Waals surface area contributed by atoms with E-state index >= 15 is 0 Å². The van der Waals surface area contributed by atoms with Crippen molar-refractivity contribution in [1.82, 2.24) is 4.90 Å². The summed E-state index contributed by atoms with van der Waals surface area (Å²) in [5, 5.41) is 9.87. The Labute approximate surface area is 153 Å².